The van der Waals surface area contributed by atoms with E-state index in [-0.39, 0.29) is 18.2 Å². The number of aryl methyl sites for hydroxylation is 1. The first-order valence-corrected chi connectivity index (χ1v) is 9.37. The number of nitrogens with zero attached hydrogens (tertiary/aromatic N) is 3. The van der Waals surface area contributed by atoms with Crippen LogP contribution in [0.15, 0.2) is 59.6 Å². The van der Waals surface area contributed by atoms with Crippen molar-refractivity contribution < 1.29 is 18.7 Å². The summed E-state index contributed by atoms with van der Waals surface area (Å²) in [6.45, 7) is 2.66. The second kappa shape index (κ2) is 7.77. The van der Waals surface area contributed by atoms with E-state index >= 15 is 0 Å². The number of hydrogen-bond acceptors (Lipinski definition) is 6. The van der Waals surface area contributed by atoms with Crippen LogP contribution in [0.2, 0.25) is 0 Å². The van der Waals surface area contributed by atoms with Gasteiger partial charge in [0.25, 0.3) is 0 Å². The molecular formula is C20H16FN3O3S. The summed E-state index contributed by atoms with van der Waals surface area (Å²) in [6, 6.07) is 11.7. The maximum Gasteiger partial charge on any atom is 0.319 e. The minimum atomic E-state index is -0.492. The van der Waals surface area contributed by atoms with Gasteiger partial charge in [-0.2, -0.15) is 10.1 Å². The van der Waals surface area contributed by atoms with Crippen molar-refractivity contribution in [1.82, 2.24) is 4.98 Å². The fourth-order valence-electron chi connectivity index (χ4n) is 2.56. The molecule has 6 nitrogen and oxygen atoms in total. The lowest BCUT2D eigenvalue weighted by Gasteiger charge is -2.19. The van der Waals surface area contributed by atoms with Crippen molar-refractivity contribution in [3.05, 3.63) is 71.4 Å². The molecule has 0 unspecified atom stereocenters. The van der Waals surface area contributed by atoms with Crippen LogP contribution in [0.4, 0.5) is 9.52 Å². The Kier molecular flexibility index (Phi) is 5.03. The largest absolute Gasteiger partial charge is 0.494 e. The predicted octanol–water partition coefficient (Wildman–Crippen LogP) is 4.00. The summed E-state index contributed by atoms with van der Waals surface area (Å²) in [5.74, 6) is -0.781. The Hall–Kier alpha value is -3.26. The summed E-state index contributed by atoms with van der Waals surface area (Å²) >= 11 is 1.35. The quantitative estimate of drug-likeness (QED) is 0.493. The Bertz CT molecular complexity index is 1080. The first kappa shape index (κ1) is 18.1. The molecule has 2 aromatic carbocycles. The normalized spacial score (nSPS) is 13.9. The summed E-state index contributed by atoms with van der Waals surface area (Å²) in [5, 5.41) is 5.87. The number of halogens is 1. The van der Waals surface area contributed by atoms with Gasteiger partial charge in [0.2, 0.25) is 10.9 Å². The van der Waals surface area contributed by atoms with Crippen molar-refractivity contribution in [2.75, 3.05) is 18.2 Å². The molecule has 28 heavy (non-hydrogen) atoms. The van der Waals surface area contributed by atoms with Gasteiger partial charge in [0, 0.05) is 0 Å². The fourth-order valence-corrected chi connectivity index (χ4v) is 3.58. The molecule has 0 aliphatic carbocycles. The molecule has 0 bridgehead atoms. The number of anilines is 1. The molecule has 142 valence electrons. The maximum absolute atomic E-state index is 13.1. The molecule has 1 amide bonds. The molecule has 0 atom stereocenters. The topological polar surface area (TPSA) is 64.0 Å². The molecule has 1 aliphatic heterocycles. The minimum absolute atomic E-state index is 0.0537. The van der Waals surface area contributed by atoms with E-state index in [1.807, 2.05) is 25.1 Å². The van der Waals surface area contributed by atoms with Crippen LogP contribution in [0.25, 0.3) is 10.2 Å². The van der Waals surface area contributed by atoms with Gasteiger partial charge in [0.05, 0.1) is 16.4 Å². The minimum Gasteiger partial charge on any atom is -0.494 e. The summed E-state index contributed by atoms with van der Waals surface area (Å²) in [7, 11) is 0. The van der Waals surface area contributed by atoms with Crippen molar-refractivity contribution in [2.24, 2.45) is 5.10 Å². The first-order valence-electron chi connectivity index (χ1n) is 8.56. The number of aromatic nitrogens is 1. The Labute approximate surface area is 164 Å². The average Bonchev–Trinajstić information content (AvgIpc) is 3.13. The SMILES string of the molecule is Cc1ccc2nc(N(/N=C\c3ccc(F)cc3)C(=O)C3=COCCO3)sc2c1. The number of rotatable bonds is 4. The van der Waals surface area contributed by atoms with Gasteiger partial charge in [-0.1, -0.05) is 29.5 Å². The Balaban J connectivity index is 1.72. The molecule has 0 fully saturated rings. The highest BCUT2D eigenvalue weighted by Gasteiger charge is 2.26. The molecule has 3 aromatic rings. The van der Waals surface area contributed by atoms with Crippen LogP contribution >= 0.6 is 11.3 Å². The van der Waals surface area contributed by atoms with Gasteiger partial charge in [-0.25, -0.2) is 9.37 Å². The number of fused-ring (bicyclic) bond motifs is 1. The standard InChI is InChI=1S/C20H16FN3O3S/c1-13-2-7-16-18(10-13)28-20(23-16)24(19(25)17-12-26-8-9-27-17)22-11-14-3-5-15(21)6-4-14/h2-7,10-12H,8-9H2,1H3/b22-11-. The van der Waals surface area contributed by atoms with E-state index in [9.17, 15) is 9.18 Å². The van der Waals surface area contributed by atoms with Crippen LogP contribution < -0.4 is 5.01 Å². The maximum atomic E-state index is 13.1. The molecule has 2 heterocycles. The molecule has 0 spiro atoms. The smallest absolute Gasteiger partial charge is 0.319 e. The summed E-state index contributed by atoms with van der Waals surface area (Å²) < 4.78 is 24.7. The highest BCUT2D eigenvalue weighted by atomic mass is 32.1. The second-order valence-electron chi connectivity index (χ2n) is 6.08. The molecule has 0 radical (unpaired) electrons. The van der Waals surface area contributed by atoms with Gasteiger partial charge in [-0.05, 0) is 42.3 Å². The van der Waals surface area contributed by atoms with E-state index < -0.39 is 5.91 Å². The van der Waals surface area contributed by atoms with Crippen molar-refractivity contribution in [3.8, 4) is 0 Å². The van der Waals surface area contributed by atoms with Crippen molar-refractivity contribution >= 4 is 38.8 Å². The van der Waals surface area contributed by atoms with E-state index in [2.05, 4.69) is 10.1 Å². The third kappa shape index (κ3) is 3.86. The zero-order valence-electron chi connectivity index (χ0n) is 15.0. The monoisotopic (exact) mass is 397 g/mol. The second-order valence-corrected chi connectivity index (χ2v) is 7.09. The molecule has 1 aromatic heterocycles. The number of thiazole rings is 1. The van der Waals surface area contributed by atoms with Crippen LogP contribution in [0.5, 0.6) is 0 Å². The number of carbonyl (C=O) groups excluding carboxylic acids is 1. The Morgan fingerprint density at radius 2 is 2.07 bits per heavy atom. The lowest BCUT2D eigenvalue weighted by atomic mass is 10.2. The van der Waals surface area contributed by atoms with E-state index in [1.165, 1.54) is 41.0 Å². The summed E-state index contributed by atoms with van der Waals surface area (Å²) in [6.07, 6.45) is 2.75. The highest BCUT2D eigenvalue weighted by molar-refractivity contribution is 7.22. The number of ether oxygens (including phenoxy) is 2. The lowest BCUT2D eigenvalue weighted by Crippen LogP contribution is -2.30. The molecule has 4 rings (SSSR count). The number of carbonyl (C=O) groups is 1. The third-order valence-electron chi connectivity index (χ3n) is 3.96. The van der Waals surface area contributed by atoms with Crippen LogP contribution in [0, 0.1) is 12.7 Å². The zero-order chi connectivity index (χ0) is 19.5. The van der Waals surface area contributed by atoms with Crippen LogP contribution in [-0.4, -0.2) is 30.3 Å². The summed E-state index contributed by atoms with van der Waals surface area (Å²) in [5.41, 5.74) is 2.52. The third-order valence-corrected chi connectivity index (χ3v) is 4.95. The van der Waals surface area contributed by atoms with E-state index in [0.29, 0.717) is 17.3 Å². The van der Waals surface area contributed by atoms with Crippen molar-refractivity contribution in [1.29, 1.82) is 0 Å². The molecule has 0 saturated heterocycles. The number of amides is 1. The average molecular weight is 397 g/mol. The van der Waals surface area contributed by atoms with Crippen molar-refractivity contribution in [2.45, 2.75) is 6.92 Å². The molecule has 8 heteroatoms. The zero-order valence-corrected chi connectivity index (χ0v) is 15.8. The van der Waals surface area contributed by atoms with E-state index in [1.54, 1.807) is 12.1 Å². The van der Waals surface area contributed by atoms with E-state index in [0.717, 1.165) is 15.8 Å². The van der Waals surface area contributed by atoms with Gasteiger partial charge in [-0.15, -0.1) is 0 Å². The number of benzene rings is 2. The Morgan fingerprint density at radius 3 is 2.82 bits per heavy atom. The van der Waals surface area contributed by atoms with Crippen LogP contribution in [0.1, 0.15) is 11.1 Å². The predicted molar refractivity (Wildman–Crippen MR) is 106 cm³/mol. The molecule has 0 N–H and O–H groups in total. The fraction of sp³-hybridized carbons (Fsp3) is 0.150. The van der Waals surface area contributed by atoms with Crippen LogP contribution in [-0.2, 0) is 14.3 Å². The molecule has 1 aliphatic rings. The van der Waals surface area contributed by atoms with Gasteiger partial charge < -0.3 is 9.47 Å². The highest BCUT2D eigenvalue weighted by Crippen LogP contribution is 2.31. The number of hydrogen-bond donors (Lipinski definition) is 0. The van der Waals surface area contributed by atoms with Crippen molar-refractivity contribution in [3.63, 3.8) is 0 Å². The van der Waals surface area contributed by atoms with E-state index in [4.69, 9.17) is 9.47 Å². The van der Waals surface area contributed by atoms with Gasteiger partial charge in [0.1, 0.15) is 25.3 Å². The van der Waals surface area contributed by atoms with Gasteiger partial charge in [0.15, 0.2) is 0 Å². The first-order chi connectivity index (χ1) is 13.6. The summed E-state index contributed by atoms with van der Waals surface area (Å²) in [4.78, 5) is 17.5. The Morgan fingerprint density at radius 1 is 1.25 bits per heavy atom. The lowest BCUT2D eigenvalue weighted by molar-refractivity contribution is -0.119. The molecule has 0 saturated carbocycles. The van der Waals surface area contributed by atoms with Gasteiger partial charge in [-0.3, -0.25) is 4.79 Å². The van der Waals surface area contributed by atoms with Gasteiger partial charge >= 0.3 is 5.91 Å². The molecular weight excluding hydrogens is 381 g/mol. The van der Waals surface area contributed by atoms with Crippen LogP contribution in [0.3, 0.4) is 0 Å². The number of hydrazone groups is 1.